The fourth-order valence-corrected chi connectivity index (χ4v) is 8.73. The van der Waals surface area contributed by atoms with Gasteiger partial charge in [0.15, 0.2) is 5.82 Å². The first-order chi connectivity index (χ1) is 20.2. The number of hydrogen-bond acceptors (Lipinski definition) is 8. The summed E-state index contributed by atoms with van der Waals surface area (Å²) in [4.78, 5) is 18.5. The minimum atomic E-state index is -0.896. The van der Waals surface area contributed by atoms with Gasteiger partial charge in [-0.2, -0.15) is 9.97 Å². The van der Waals surface area contributed by atoms with Crippen molar-refractivity contribution in [2.45, 2.75) is 81.9 Å². The van der Waals surface area contributed by atoms with Gasteiger partial charge in [-0.15, -0.1) is 0 Å². The Labute approximate surface area is 255 Å². The van der Waals surface area contributed by atoms with E-state index in [9.17, 15) is 4.39 Å². The molecule has 1 aromatic carbocycles. The second kappa shape index (κ2) is 9.78. The Kier molecular flexibility index (Phi) is 6.32. The normalized spacial score (nSPS) is 31.7. The number of benzene rings is 1. The van der Waals surface area contributed by atoms with Gasteiger partial charge in [-0.05, 0) is 80.3 Å². The van der Waals surface area contributed by atoms with Gasteiger partial charge in [-0.3, -0.25) is 4.90 Å². The molecule has 3 aromatic rings. The quantitative estimate of drug-likeness (QED) is 0.387. The molecule has 5 aliphatic rings. The van der Waals surface area contributed by atoms with Crippen molar-refractivity contribution < 1.29 is 22.6 Å². The molecule has 0 amide bonds. The number of aromatic nitrogens is 3. The van der Waals surface area contributed by atoms with Crippen LogP contribution in [0.5, 0.6) is 11.9 Å². The highest BCUT2D eigenvalue weighted by molar-refractivity contribution is 14.1. The van der Waals surface area contributed by atoms with Crippen molar-refractivity contribution >= 4 is 39.3 Å². The molecule has 0 radical (unpaired) electrons. The summed E-state index contributed by atoms with van der Waals surface area (Å²) >= 11 is 2.03. The summed E-state index contributed by atoms with van der Waals surface area (Å²) in [5.74, 6) is -0.612. The summed E-state index contributed by atoms with van der Waals surface area (Å²) in [5, 5.41) is 4.07. The van der Waals surface area contributed by atoms with E-state index in [2.05, 4.69) is 25.1 Å². The van der Waals surface area contributed by atoms with E-state index in [1.807, 2.05) is 36.4 Å². The Morgan fingerprint density at radius 1 is 1.19 bits per heavy atom. The van der Waals surface area contributed by atoms with Gasteiger partial charge < -0.3 is 19.7 Å². The number of alkyl halides is 1. The van der Waals surface area contributed by atoms with E-state index in [1.54, 1.807) is 6.07 Å². The molecule has 1 N–H and O–H groups in total. The molecule has 42 heavy (non-hydrogen) atoms. The molecule has 2 bridgehead atoms. The molecule has 2 aromatic heterocycles. The van der Waals surface area contributed by atoms with Crippen LogP contribution in [0.4, 0.5) is 19.0 Å². The molecule has 8 rings (SSSR count). The maximum atomic E-state index is 16.7. The van der Waals surface area contributed by atoms with Crippen LogP contribution in [0.1, 0.15) is 44.6 Å². The van der Waals surface area contributed by atoms with Gasteiger partial charge in [0.1, 0.15) is 47.1 Å². The molecule has 6 atom stereocenters. The van der Waals surface area contributed by atoms with Gasteiger partial charge in [-0.1, -0.05) is 6.07 Å². The average molecular weight is 693 g/mol. The molecular formula is C30H32F3IN6O2. The highest BCUT2D eigenvalue weighted by Crippen LogP contribution is 2.46. The van der Waals surface area contributed by atoms with Crippen LogP contribution in [0.15, 0.2) is 12.1 Å². The monoisotopic (exact) mass is 692 g/mol. The molecular weight excluding hydrogens is 660 g/mol. The minimum absolute atomic E-state index is 0.0130. The number of ether oxygens (including phenoxy) is 2. The summed E-state index contributed by atoms with van der Waals surface area (Å²) in [6, 6.07) is 3.40. The molecule has 0 unspecified atom stereocenters. The minimum Gasteiger partial charge on any atom is -0.472 e. The van der Waals surface area contributed by atoms with E-state index >= 15 is 8.78 Å². The van der Waals surface area contributed by atoms with Gasteiger partial charge >= 0.3 is 6.01 Å². The first-order valence-corrected chi connectivity index (χ1v) is 15.9. The fraction of sp³-hybridized carbons (Fsp3) is 0.567. The number of aryl methyl sites for hydroxylation is 1. The van der Waals surface area contributed by atoms with Crippen molar-refractivity contribution in [3.63, 3.8) is 0 Å². The number of pyridine rings is 1. The Morgan fingerprint density at radius 2 is 2.05 bits per heavy atom. The van der Waals surface area contributed by atoms with Crippen LogP contribution in [-0.4, -0.2) is 82.0 Å². The molecule has 0 spiro atoms. The van der Waals surface area contributed by atoms with Crippen molar-refractivity contribution in [3.8, 4) is 23.1 Å². The largest absolute Gasteiger partial charge is 0.472 e. The summed E-state index contributed by atoms with van der Waals surface area (Å²) in [5.41, 5.74) is 0.313. The lowest BCUT2D eigenvalue weighted by molar-refractivity contribution is 0.107. The third-order valence-electron chi connectivity index (χ3n) is 9.98. The maximum Gasteiger partial charge on any atom is 0.319 e. The number of halogens is 4. The molecule has 12 heteroatoms. The lowest BCUT2D eigenvalue weighted by Gasteiger charge is -2.42. The third kappa shape index (κ3) is 4.03. The van der Waals surface area contributed by atoms with Crippen molar-refractivity contribution in [1.29, 1.82) is 0 Å². The lowest BCUT2D eigenvalue weighted by atomic mass is 9.95. The second-order valence-corrected chi connectivity index (χ2v) is 13.6. The van der Waals surface area contributed by atoms with Gasteiger partial charge in [0.05, 0.1) is 17.1 Å². The zero-order valence-corrected chi connectivity index (χ0v) is 25.6. The molecule has 4 saturated heterocycles. The van der Waals surface area contributed by atoms with Crippen LogP contribution in [0.3, 0.4) is 0 Å². The standard InChI is InChI=1S/C30H32F3IN6O2/c1-14-4-6-18(32)20(23(14)34)24-22(33)25-21-27(38-29(37-25)41-13-30-8-3-9-39(30)11-16(31)10-30)40-12-17-5-7-19(35-17)26(40)15(2)42-28(21)36-24/h4,6,15-17,19,26,35H,3,5,7-13H2,1-2H3/t15-,16+,17+,19-,26+,30-/m0/s1. The number of hydrogen-bond donors (Lipinski definition) is 1. The van der Waals surface area contributed by atoms with Gasteiger partial charge in [0, 0.05) is 35.2 Å². The maximum absolute atomic E-state index is 16.7. The number of rotatable bonds is 4. The first kappa shape index (κ1) is 27.1. The molecule has 4 fully saturated rings. The molecule has 222 valence electrons. The lowest BCUT2D eigenvalue weighted by Crippen LogP contribution is -2.62. The van der Waals surface area contributed by atoms with Crippen molar-refractivity contribution in [2.24, 2.45) is 0 Å². The SMILES string of the molecule is Cc1ccc(F)c(-c2nc3c4c(nc(OC[C@@]56CCCN5C[C@H](F)C6)nc4c2F)N2C[C@H]4CC[C@H](N4)[C@H]2[C@H](C)O3)c1I. The van der Waals surface area contributed by atoms with E-state index < -0.39 is 23.3 Å². The topological polar surface area (TPSA) is 75.6 Å². The Balaban J connectivity index is 1.31. The average Bonchev–Trinajstić information content (AvgIpc) is 3.60. The molecule has 0 saturated carbocycles. The summed E-state index contributed by atoms with van der Waals surface area (Å²) in [6.07, 6.45) is 3.05. The fourth-order valence-electron chi connectivity index (χ4n) is 8.04. The highest BCUT2D eigenvalue weighted by atomic mass is 127. The number of anilines is 1. The Bertz CT molecular complexity index is 1610. The van der Waals surface area contributed by atoms with E-state index in [0.29, 0.717) is 34.3 Å². The zero-order chi connectivity index (χ0) is 28.9. The summed E-state index contributed by atoms with van der Waals surface area (Å²) < 4.78 is 59.7. The molecule has 8 nitrogen and oxygen atoms in total. The number of fused-ring (bicyclic) bond motifs is 6. The first-order valence-electron chi connectivity index (χ1n) is 14.8. The third-order valence-corrected chi connectivity index (χ3v) is 11.4. The van der Waals surface area contributed by atoms with E-state index in [1.165, 1.54) is 6.07 Å². The highest BCUT2D eigenvalue weighted by Gasteiger charge is 2.50. The number of piperazine rings is 1. The van der Waals surface area contributed by atoms with Crippen LogP contribution in [0, 0.1) is 22.1 Å². The summed E-state index contributed by atoms with van der Waals surface area (Å²) in [7, 11) is 0. The van der Waals surface area contributed by atoms with Gasteiger partial charge in [0.2, 0.25) is 5.88 Å². The predicted molar refractivity (Wildman–Crippen MR) is 160 cm³/mol. The van der Waals surface area contributed by atoms with Crippen LogP contribution in [0.2, 0.25) is 0 Å². The molecule has 0 aliphatic carbocycles. The molecule has 7 heterocycles. The van der Waals surface area contributed by atoms with E-state index in [4.69, 9.17) is 14.5 Å². The van der Waals surface area contributed by atoms with Gasteiger partial charge in [-0.25, -0.2) is 18.2 Å². The van der Waals surface area contributed by atoms with Crippen LogP contribution >= 0.6 is 22.6 Å². The van der Waals surface area contributed by atoms with E-state index in [-0.39, 0.29) is 59.5 Å². The summed E-state index contributed by atoms with van der Waals surface area (Å²) in [6.45, 7) is 5.97. The Morgan fingerprint density at radius 3 is 2.90 bits per heavy atom. The smallest absolute Gasteiger partial charge is 0.319 e. The van der Waals surface area contributed by atoms with Crippen molar-refractivity contribution in [2.75, 3.05) is 31.1 Å². The molecule has 5 aliphatic heterocycles. The predicted octanol–water partition coefficient (Wildman–Crippen LogP) is 4.93. The van der Waals surface area contributed by atoms with Crippen molar-refractivity contribution in [1.82, 2.24) is 25.2 Å². The van der Waals surface area contributed by atoms with Crippen molar-refractivity contribution in [3.05, 3.63) is 32.9 Å². The number of nitrogens with one attached hydrogen (secondary N) is 1. The second-order valence-electron chi connectivity index (χ2n) is 12.6. The van der Waals surface area contributed by atoms with Crippen LogP contribution in [-0.2, 0) is 0 Å². The van der Waals surface area contributed by atoms with Crippen LogP contribution in [0.25, 0.3) is 22.2 Å². The van der Waals surface area contributed by atoms with Crippen LogP contribution < -0.4 is 19.7 Å². The van der Waals surface area contributed by atoms with Gasteiger partial charge in [0.25, 0.3) is 0 Å². The zero-order valence-electron chi connectivity index (χ0n) is 23.5. The van der Waals surface area contributed by atoms with E-state index in [0.717, 1.165) is 37.8 Å². The number of nitrogens with zero attached hydrogens (tertiary/aromatic N) is 5. The Hall–Kier alpha value is -2.45.